The summed E-state index contributed by atoms with van der Waals surface area (Å²) < 4.78 is 0. The molecule has 0 rings (SSSR count). The Morgan fingerprint density at radius 2 is 1.57 bits per heavy atom. The Kier molecular flexibility index (Phi) is 8.59. The molecule has 8 heteroatoms. The summed E-state index contributed by atoms with van der Waals surface area (Å²) in [6.07, 6.45) is -3.28. The minimum Gasteiger partial charge on any atom is -0.550 e. The Morgan fingerprint density at radius 1 is 1.14 bits per heavy atom. The van der Waals surface area contributed by atoms with Crippen molar-refractivity contribution >= 4 is 17.9 Å². The molecule has 0 spiro atoms. The van der Waals surface area contributed by atoms with Gasteiger partial charge in [-0.2, -0.15) is 0 Å². The van der Waals surface area contributed by atoms with Crippen molar-refractivity contribution in [2.75, 3.05) is 0 Å². The predicted octanol–water partition coefficient (Wildman–Crippen LogP) is -5.72. The third kappa shape index (κ3) is 5.68. The molecule has 0 aromatic rings. The third-order valence-electron chi connectivity index (χ3n) is 1.34. The second kappa shape index (κ2) is 7.32. The first-order valence-electron chi connectivity index (χ1n) is 3.19. The quantitative estimate of drug-likeness (QED) is 0.400. The summed E-state index contributed by atoms with van der Waals surface area (Å²) in [6, 6.07) is 0. The molecule has 3 N–H and O–H groups in total. The predicted molar refractivity (Wildman–Crippen MR) is 34.4 cm³/mol. The SMILES string of the molecule is O=C([O-])C[C@@H](C(=O)O)[C@@H](O)C(=O)O.[K+]. The van der Waals surface area contributed by atoms with Gasteiger partial charge in [-0.15, -0.1) is 0 Å². The van der Waals surface area contributed by atoms with Gasteiger partial charge in [0.1, 0.15) is 0 Å². The van der Waals surface area contributed by atoms with E-state index in [9.17, 15) is 19.5 Å². The van der Waals surface area contributed by atoms with Gasteiger partial charge in [-0.25, -0.2) is 4.79 Å². The van der Waals surface area contributed by atoms with E-state index < -0.39 is 36.4 Å². The zero-order valence-electron chi connectivity index (χ0n) is 7.34. The van der Waals surface area contributed by atoms with Crippen molar-refractivity contribution in [3.8, 4) is 0 Å². The molecule has 0 heterocycles. The summed E-state index contributed by atoms with van der Waals surface area (Å²) in [5.41, 5.74) is 0. The van der Waals surface area contributed by atoms with Gasteiger partial charge in [-0.3, -0.25) is 4.79 Å². The average Bonchev–Trinajstić information content (AvgIpc) is 1.97. The Labute approximate surface area is 121 Å². The van der Waals surface area contributed by atoms with E-state index in [0.717, 1.165) is 0 Å². The standard InChI is InChI=1S/C6H8O7.K/c7-3(8)1-2(5(10)11)4(9)6(12)13;/h2,4,9H,1H2,(H,7,8)(H,10,11)(H,12,13);/q;+1/p-1/t2-,4-;/m1./s1. The fourth-order valence-corrected chi connectivity index (χ4v) is 0.686. The van der Waals surface area contributed by atoms with E-state index in [0.29, 0.717) is 0 Å². The van der Waals surface area contributed by atoms with Gasteiger partial charge >= 0.3 is 63.3 Å². The van der Waals surface area contributed by atoms with Crippen LogP contribution in [0.4, 0.5) is 0 Å². The zero-order chi connectivity index (χ0) is 10.6. The summed E-state index contributed by atoms with van der Waals surface area (Å²) in [5, 5.41) is 35.2. The number of carboxylic acids is 3. The van der Waals surface area contributed by atoms with Crippen molar-refractivity contribution in [2.24, 2.45) is 5.92 Å². The maximum absolute atomic E-state index is 10.3. The molecule has 0 fully saturated rings. The molecule has 0 bridgehead atoms. The number of rotatable bonds is 5. The Bertz CT molecular complexity index is 238. The third-order valence-corrected chi connectivity index (χ3v) is 1.34. The molecule has 0 unspecified atom stereocenters. The Morgan fingerprint density at radius 3 is 1.79 bits per heavy atom. The second-order valence-electron chi connectivity index (χ2n) is 2.30. The van der Waals surface area contributed by atoms with Crippen LogP contribution in [-0.2, 0) is 14.4 Å². The summed E-state index contributed by atoms with van der Waals surface area (Å²) >= 11 is 0. The van der Waals surface area contributed by atoms with Crippen LogP contribution in [0.1, 0.15) is 6.42 Å². The van der Waals surface area contributed by atoms with Crippen LogP contribution in [0.15, 0.2) is 0 Å². The van der Waals surface area contributed by atoms with E-state index in [1.54, 1.807) is 0 Å². The number of carbonyl (C=O) groups is 3. The first-order chi connectivity index (χ1) is 5.86. The molecule has 2 atom stereocenters. The van der Waals surface area contributed by atoms with E-state index >= 15 is 0 Å². The van der Waals surface area contributed by atoms with Crippen LogP contribution in [0.5, 0.6) is 0 Å². The zero-order valence-corrected chi connectivity index (χ0v) is 10.5. The molecule has 0 aliphatic rings. The van der Waals surface area contributed by atoms with Crippen molar-refractivity contribution in [3.63, 3.8) is 0 Å². The van der Waals surface area contributed by atoms with Crippen LogP contribution in [0.2, 0.25) is 0 Å². The van der Waals surface area contributed by atoms with Gasteiger partial charge in [0.2, 0.25) is 0 Å². The topological polar surface area (TPSA) is 135 Å². The van der Waals surface area contributed by atoms with Crippen molar-refractivity contribution in [1.29, 1.82) is 0 Å². The number of hydrogen-bond acceptors (Lipinski definition) is 5. The number of carboxylic acid groups (broad SMARTS) is 3. The van der Waals surface area contributed by atoms with Gasteiger partial charge in [0.15, 0.2) is 6.10 Å². The molecule has 7 nitrogen and oxygen atoms in total. The first-order valence-corrected chi connectivity index (χ1v) is 3.19. The number of aliphatic hydroxyl groups is 1. The molecule has 0 aliphatic carbocycles. The maximum atomic E-state index is 10.3. The molecule has 0 aromatic heterocycles. The molecule has 0 saturated carbocycles. The number of carbonyl (C=O) groups excluding carboxylic acids is 1. The van der Waals surface area contributed by atoms with Gasteiger partial charge in [-0.05, 0) is 0 Å². The number of hydrogen-bond donors (Lipinski definition) is 3. The molecule has 14 heavy (non-hydrogen) atoms. The average molecular weight is 230 g/mol. The van der Waals surface area contributed by atoms with Crippen LogP contribution in [-0.4, -0.2) is 39.3 Å². The van der Waals surface area contributed by atoms with E-state index in [1.807, 2.05) is 0 Å². The monoisotopic (exact) mass is 230 g/mol. The smallest absolute Gasteiger partial charge is 0.550 e. The van der Waals surface area contributed by atoms with E-state index in [2.05, 4.69) is 0 Å². The van der Waals surface area contributed by atoms with E-state index in [1.165, 1.54) is 0 Å². The second-order valence-corrected chi connectivity index (χ2v) is 2.30. The van der Waals surface area contributed by atoms with Crippen LogP contribution in [0, 0.1) is 5.92 Å². The van der Waals surface area contributed by atoms with Gasteiger partial charge in [0.25, 0.3) is 0 Å². The van der Waals surface area contributed by atoms with Crippen LogP contribution in [0.3, 0.4) is 0 Å². The van der Waals surface area contributed by atoms with Gasteiger partial charge in [-0.1, -0.05) is 0 Å². The fraction of sp³-hybridized carbons (Fsp3) is 0.500. The first kappa shape index (κ1) is 16.4. The summed E-state index contributed by atoms with van der Waals surface area (Å²) in [5.74, 6) is -7.09. The molecule has 0 aliphatic heterocycles. The number of aliphatic carboxylic acids is 3. The molecular formula is C6H7KO7. The summed E-state index contributed by atoms with van der Waals surface area (Å²) in [7, 11) is 0. The molecule has 74 valence electrons. The van der Waals surface area contributed by atoms with Crippen molar-refractivity contribution in [1.82, 2.24) is 0 Å². The summed E-state index contributed by atoms with van der Waals surface area (Å²) in [4.78, 5) is 30.3. The van der Waals surface area contributed by atoms with Gasteiger partial charge in [0.05, 0.1) is 5.92 Å². The van der Waals surface area contributed by atoms with Crippen LogP contribution < -0.4 is 56.5 Å². The van der Waals surface area contributed by atoms with Crippen molar-refractivity contribution in [3.05, 3.63) is 0 Å². The minimum atomic E-state index is -2.24. The molecule has 0 amide bonds. The van der Waals surface area contributed by atoms with Crippen molar-refractivity contribution < 1.29 is 86.2 Å². The van der Waals surface area contributed by atoms with Crippen molar-refractivity contribution in [2.45, 2.75) is 12.5 Å². The number of aliphatic hydroxyl groups excluding tert-OH is 1. The Hall–Kier alpha value is 0.00636. The molecular weight excluding hydrogens is 223 g/mol. The fourth-order valence-electron chi connectivity index (χ4n) is 0.686. The normalized spacial score (nSPS) is 13.5. The molecule has 0 saturated heterocycles. The van der Waals surface area contributed by atoms with Crippen LogP contribution in [0.25, 0.3) is 0 Å². The molecule has 0 radical (unpaired) electrons. The summed E-state index contributed by atoms with van der Waals surface area (Å²) in [6.45, 7) is 0. The maximum Gasteiger partial charge on any atom is 1.00 e. The van der Waals surface area contributed by atoms with Gasteiger partial charge < -0.3 is 25.2 Å². The van der Waals surface area contributed by atoms with E-state index in [-0.39, 0.29) is 51.4 Å². The van der Waals surface area contributed by atoms with Gasteiger partial charge in [0, 0.05) is 12.4 Å². The van der Waals surface area contributed by atoms with Crippen LogP contribution >= 0.6 is 0 Å². The Balaban J connectivity index is 0. The molecule has 0 aromatic carbocycles. The minimum absolute atomic E-state index is 0. The largest absolute Gasteiger partial charge is 1.00 e. The van der Waals surface area contributed by atoms with E-state index in [4.69, 9.17) is 15.3 Å².